The maximum atomic E-state index is 12.8. The summed E-state index contributed by atoms with van der Waals surface area (Å²) in [4.78, 5) is 35.7. The van der Waals surface area contributed by atoms with Crippen LogP contribution in [0.4, 0.5) is 5.69 Å². The smallest absolute Gasteiger partial charge is 0.241 e. The number of aromatic nitrogens is 2. The van der Waals surface area contributed by atoms with Gasteiger partial charge in [-0.3, -0.25) is 14.5 Å². The highest BCUT2D eigenvalue weighted by Crippen LogP contribution is 2.18. The van der Waals surface area contributed by atoms with Crippen LogP contribution in [-0.2, 0) is 16.1 Å². The quantitative estimate of drug-likeness (QED) is 0.456. The molecule has 186 valence electrons. The number of rotatable bonds is 9. The second-order valence-corrected chi connectivity index (χ2v) is 8.82. The van der Waals surface area contributed by atoms with E-state index >= 15 is 0 Å². The predicted octanol–water partition coefficient (Wildman–Crippen LogP) is 3.42. The lowest BCUT2D eigenvalue weighted by Gasteiger charge is -2.34. The fraction of sp³-hybridized carbons (Fsp3) is 0.370. The summed E-state index contributed by atoms with van der Waals surface area (Å²) >= 11 is 0. The number of anilines is 1. The summed E-state index contributed by atoms with van der Waals surface area (Å²) in [5, 5.41) is 13.0. The zero-order chi connectivity index (χ0) is 25.3. The molecule has 4 rings (SSSR count). The van der Waals surface area contributed by atoms with Crippen LogP contribution in [0.1, 0.15) is 30.7 Å². The number of nitriles is 1. The number of hydrogen-bond acceptors (Lipinski definition) is 7. The minimum Gasteiger partial charge on any atom is -0.340 e. The third kappa shape index (κ3) is 6.55. The minimum absolute atomic E-state index is 0.0317. The van der Waals surface area contributed by atoms with Crippen molar-refractivity contribution in [1.29, 1.82) is 5.26 Å². The summed E-state index contributed by atoms with van der Waals surface area (Å²) in [7, 11) is 0. The van der Waals surface area contributed by atoms with Gasteiger partial charge in [-0.15, -0.1) is 0 Å². The number of carbonyl (C=O) groups is 2. The number of para-hydroxylation sites is 1. The summed E-state index contributed by atoms with van der Waals surface area (Å²) in [5.74, 6) is 0.942. The first-order chi connectivity index (χ1) is 17.5. The van der Waals surface area contributed by atoms with Crippen LogP contribution in [0.3, 0.4) is 0 Å². The van der Waals surface area contributed by atoms with Gasteiger partial charge >= 0.3 is 0 Å². The van der Waals surface area contributed by atoms with Gasteiger partial charge in [-0.2, -0.15) is 10.2 Å². The second kappa shape index (κ2) is 12.1. The molecule has 1 fully saturated rings. The average Bonchev–Trinajstić information content (AvgIpc) is 3.37. The molecule has 2 aromatic carbocycles. The fourth-order valence-corrected chi connectivity index (χ4v) is 4.16. The Morgan fingerprint density at radius 2 is 1.75 bits per heavy atom. The molecule has 0 atom stereocenters. The summed E-state index contributed by atoms with van der Waals surface area (Å²) in [6.07, 6.45) is 0.504. The van der Waals surface area contributed by atoms with Crippen molar-refractivity contribution in [2.24, 2.45) is 0 Å². The monoisotopic (exact) mass is 486 g/mol. The molecule has 36 heavy (non-hydrogen) atoms. The maximum absolute atomic E-state index is 12.8. The Morgan fingerprint density at radius 3 is 2.44 bits per heavy atom. The molecule has 2 amide bonds. The van der Waals surface area contributed by atoms with E-state index in [2.05, 4.69) is 21.1 Å². The second-order valence-electron chi connectivity index (χ2n) is 8.82. The molecule has 0 bridgehead atoms. The Morgan fingerprint density at radius 1 is 1.03 bits per heavy atom. The highest BCUT2D eigenvalue weighted by Gasteiger charge is 2.24. The van der Waals surface area contributed by atoms with Gasteiger partial charge < -0.3 is 14.3 Å². The van der Waals surface area contributed by atoms with E-state index in [9.17, 15) is 9.59 Å². The van der Waals surface area contributed by atoms with Gasteiger partial charge in [0.1, 0.15) is 0 Å². The number of aryl methyl sites for hydroxylation is 1. The van der Waals surface area contributed by atoms with Gasteiger partial charge in [0.25, 0.3) is 0 Å². The molecule has 1 saturated heterocycles. The first kappa shape index (κ1) is 25.1. The van der Waals surface area contributed by atoms with Crippen LogP contribution >= 0.6 is 0 Å². The van der Waals surface area contributed by atoms with Crippen molar-refractivity contribution in [3.8, 4) is 17.5 Å². The topological polar surface area (TPSA) is 107 Å². The van der Waals surface area contributed by atoms with Crippen molar-refractivity contribution in [3.63, 3.8) is 0 Å². The molecular weight excluding hydrogens is 456 g/mol. The zero-order valence-corrected chi connectivity index (χ0v) is 20.5. The van der Waals surface area contributed by atoms with E-state index in [1.807, 2.05) is 61.5 Å². The molecule has 3 aromatic rings. The van der Waals surface area contributed by atoms with Crippen molar-refractivity contribution in [3.05, 3.63) is 66.1 Å². The molecule has 2 heterocycles. The molecule has 0 unspecified atom stereocenters. The molecule has 0 aliphatic carbocycles. The number of hydrogen-bond donors (Lipinski definition) is 0. The van der Waals surface area contributed by atoms with Gasteiger partial charge in [0.2, 0.25) is 23.5 Å². The summed E-state index contributed by atoms with van der Waals surface area (Å²) in [5.41, 5.74) is 2.83. The normalized spacial score (nSPS) is 13.8. The molecule has 9 nitrogen and oxygen atoms in total. The Bertz CT molecular complexity index is 1190. The van der Waals surface area contributed by atoms with E-state index in [4.69, 9.17) is 9.78 Å². The third-order valence-corrected chi connectivity index (χ3v) is 6.23. The molecule has 9 heteroatoms. The molecule has 0 N–H and O–H groups in total. The lowest BCUT2D eigenvalue weighted by atomic mass is 10.1. The van der Waals surface area contributed by atoms with Crippen molar-refractivity contribution in [2.45, 2.75) is 32.7 Å². The Labute approximate surface area is 210 Å². The third-order valence-electron chi connectivity index (χ3n) is 6.23. The molecule has 1 aliphatic rings. The van der Waals surface area contributed by atoms with Crippen molar-refractivity contribution >= 4 is 17.5 Å². The predicted molar refractivity (Wildman–Crippen MR) is 135 cm³/mol. The molecule has 0 spiro atoms. The van der Waals surface area contributed by atoms with E-state index < -0.39 is 0 Å². The SMILES string of the molecule is Cc1ccc(-c2noc(CN3CCN(C(=O)CCC(=O)N(CCC#N)c4ccccc4)CC3)n2)cc1. The van der Waals surface area contributed by atoms with Crippen LogP contribution in [0, 0.1) is 18.3 Å². The van der Waals surface area contributed by atoms with Gasteiger partial charge in [0.05, 0.1) is 19.0 Å². The lowest BCUT2D eigenvalue weighted by molar-refractivity contribution is -0.134. The summed E-state index contributed by atoms with van der Waals surface area (Å²) in [6.45, 7) is 5.44. The van der Waals surface area contributed by atoms with E-state index in [1.165, 1.54) is 5.56 Å². The van der Waals surface area contributed by atoms with Crippen LogP contribution in [-0.4, -0.2) is 64.5 Å². The van der Waals surface area contributed by atoms with Gasteiger partial charge in [-0.05, 0) is 19.1 Å². The maximum Gasteiger partial charge on any atom is 0.241 e. The van der Waals surface area contributed by atoms with Crippen LogP contribution in [0.5, 0.6) is 0 Å². The minimum atomic E-state index is -0.149. The summed E-state index contributed by atoms with van der Waals surface area (Å²) in [6, 6.07) is 19.3. The average molecular weight is 487 g/mol. The fourth-order valence-electron chi connectivity index (χ4n) is 4.16. The van der Waals surface area contributed by atoms with Crippen molar-refractivity contribution in [2.75, 3.05) is 37.6 Å². The Balaban J connectivity index is 1.24. The van der Waals surface area contributed by atoms with Crippen LogP contribution in [0.15, 0.2) is 59.1 Å². The number of carbonyl (C=O) groups excluding carboxylic acids is 2. The van der Waals surface area contributed by atoms with Crippen LogP contribution in [0.2, 0.25) is 0 Å². The summed E-state index contributed by atoms with van der Waals surface area (Å²) < 4.78 is 5.43. The van der Waals surface area contributed by atoms with E-state index in [0.717, 1.165) is 11.3 Å². The van der Waals surface area contributed by atoms with Crippen LogP contribution < -0.4 is 4.90 Å². The Hall–Kier alpha value is -4.03. The molecule has 0 radical (unpaired) electrons. The Kier molecular flexibility index (Phi) is 8.42. The van der Waals surface area contributed by atoms with E-state index in [1.54, 1.807) is 9.80 Å². The first-order valence-corrected chi connectivity index (χ1v) is 12.2. The number of amides is 2. The number of benzene rings is 2. The van der Waals surface area contributed by atoms with Crippen LogP contribution in [0.25, 0.3) is 11.4 Å². The van der Waals surface area contributed by atoms with Gasteiger partial charge in [-0.1, -0.05) is 53.2 Å². The van der Waals surface area contributed by atoms with E-state index in [-0.39, 0.29) is 31.1 Å². The van der Waals surface area contributed by atoms with Gasteiger partial charge in [-0.25, -0.2) is 0 Å². The molecular formula is C27H30N6O3. The largest absolute Gasteiger partial charge is 0.340 e. The number of nitrogens with zero attached hydrogens (tertiary/aromatic N) is 6. The van der Waals surface area contributed by atoms with E-state index in [0.29, 0.717) is 51.0 Å². The van der Waals surface area contributed by atoms with Gasteiger partial charge in [0.15, 0.2) is 0 Å². The van der Waals surface area contributed by atoms with Crippen molar-refractivity contribution in [1.82, 2.24) is 19.9 Å². The highest BCUT2D eigenvalue weighted by molar-refractivity contribution is 5.95. The first-order valence-electron chi connectivity index (χ1n) is 12.2. The highest BCUT2D eigenvalue weighted by atomic mass is 16.5. The van der Waals surface area contributed by atoms with Crippen molar-refractivity contribution < 1.29 is 14.1 Å². The molecule has 0 saturated carbocycles. The standard InChI is InChI=1S/C27H30N6O3/c1-21-8-10-22(11-9-21)27-29-24(36-30-27)20-31-16-18-32(19-17-31)25(34)12-13-26(35)33(15-5-14-28)23-6-3-2-4-7-23/h2-4,6-11H,5,12-13,15-20H2,1H3. The number of piperazine rings is 1. The lowest BCUT2D eigenvalue weighted by Crippen LogP contribution is -2.48. The zero-order valence-electron chi connectivity index (χ0n) is 20.5. The van der Waals surface area contributed by atoms with Gasteiger partial charge in [0, 0.05) is 56.8 Å². The molecule has 1 aliphatic heterocycles. The molecule has 1 aromatic heterocycles.